The molecule has 0 aliphatic carbocycles. The molecule has 0 aliphatic heterocycles. The molecule has 0 spiro atoms. The second-order valence-electron chi connectivity index (χ2n) is 2.38. The average molecular weight is 166 g/mol. The molecule has 0 heterocycles. The Labute approximate surface area is 61.8 Å². The maximum atomic E-state index is 11.4. The van der Waals surface area contributed by atoms with E-state index in [9.17, 15) is 4.57 Å². The highest BCUT2D eigenvalue weighted by Crippen LogP contribution is 2.51. The van der Waals surface area contributed by atoms with Crippen LogP contribution in [0.25, 0.3) is 0 Å². The van der Waals surface area contributed by atoms with Gasteiger partial charge in [-0.15, -0.1) is 0 Å². The molecule has 0 amide bonds. The topological polar surface area (TPSA) is 46.5 Å². The molecular formula is C6H15O3P. The number of hydrogen-bond donors (Lipinski definition) is 1. The summed E-state index contributed by atoms with van der Waals surface area (Å²) in [5.74, 6) is 0. The second kappa shape index (κ2) is 4.12. The van der Waals surface area contributed by atoms with E-state index in [1.54, 1.807) is 6.92 Å². The Hall–Kier alpha value is 0.150. The van der Waals surface area contributed by atoms with Gasteiger partial charge in [0.2, 0.25) is 7.37 Å². The molecule has 0 saturated carbocycles. The molecule has 0 saturated heterocycles. The lowest BCUT2D eigenvalue weighted by Gasteiger charge is -2.17. The summed E-state index contributed by atoms with van der Waals surface area (Å²) in [4.78, 5) is 0. The highest BCUT2D eigenvalue weighted by atomic mass is 31.2. The van der Waals surface area contributed by atoms with Gasteiger partial charge in [0, 0.05) is 11.8 Å². The Morgan fingerprint density at radius 3 is 2.20 bits per heavy atom. The Kier molecular flexibility index (Phi) is 4.18. The minimum absolute atomic E-state index is 0.0394. The molecule has 10 heavy (non-hydrogen) atoms. The fourth-order valence-electron chi connectivity index (χ4n) is 0.728. The molecule has 1 N–H and O–H groups in total. The standard InChI is InChI=1S/C6H15O3P/c1-4-6(3)10(8,5-2)9-7/h6-7H,4-5H2,1-3H3. The summed E-state index contributed by atoms with van der Waals surface area (Å²) >= 11 is 0. The normalized spacial score (nSPS) is 20.0. The van der Waals surface area contributed by atoms with Crippen molar-refractivity contribution in [3.05, 3.63) is 0 Å². The van der Waals surface area contributed by atoms with Crippen LogP contribution in [0.4, 0.5) is 0 Å². The number of rotatable bonds is 4. The third-order valence-corrected chi connectivity index (χ3v) is 4.71. The van der Waals surface area contributed by atoms with E-state index in [0.717, 1.165) is 6.42 Å². The van der Waals surface area contributed by atoms with Crippen LogP contribution in [0.15, 0.2) is 0 Å². The summed E-state index contributed by atoms with van der Waals surface area (Å²) in [6.45, 7) is 5.50. The van der Waals surface area contributed by atoms with Gasteiger partial charge in [-0.25, -0.2) is 5.26 Å². The third kappa shape index (κ3) is 2.08. The van der Waals surface area contributed by atoms with Crippen LogP contribution in [0.2, 0.25) is 0 Å². The monoisotopic (exact) mass is 166 g/mol. The minimum Gasteiger partial charge on any atom is -0.290 e. The van der Waals surface area contributed by atoms with Crippen LogP contribution < -0.4 is 0 Å². The summed E-state index contributed by atoms with van der Waals surface area (Å²) in [5, 5.41) is 8.32. The molecular weight excluding hydrogens is 151 g/mol. The molecule has 2 atom stereocenters. The predicted octanol–water partition coefficient (Wildman–Crippen LogP) is 2.57. The SMILES string of the molecule is CCC(C)P(=O)(CC)OO. The van der Waals surface area contributed by atoms with Crippen molar-refractivity contribution >= 4 is 7.37 Å². The van der Waals surface area contributed by atoms with Crippen LogP contribution in [-0.4, -0.2) is 17.1 Å². The molecule has 62 valence electrons. The fourth-order valence-corrected chi connectivity index (χ4v) is 2.18. The van der Waals surface area contributed by atoms with Crippen molar-refractivity contribution in [2.45, 2.75) is 32.9 Å². The van der Waals surface area contributed by atoms with E-state index in [1.807, 2.05) is 13.8 Å². The second-order valence-corrected chi connectivity index (χ2v) is 5.51. The summed E-state index contributed by atoms with van der Waals surface area (Å²) in [7, 11) is -2.72. The summed E-state index contributed by atoms with van der Waals surface area (Å²) in [6, 6.07) is 0. The quantitative estimate of drug-likeness (QED) is 0.396. The van der Waals surface area contributed by atoms with Gasteiger partial charge in [-0.05, 0) is 6.42 Å². The van der Waals surface area contributed by atoms with Crippen LogP contribution in [0.1, 0.15) is 27.2 Å². The smallest absolute Gasteiger partial charge is 0.237 e. The Morgan fingerprint density at radius 2 is 2.10 bits per heavy atom. The van der Waals surface area contributed by atoms with Gasteiger partial charge >= 0.3 is 0 Å². The van der Waals surface area contributed by atoms with Crippen molar-refractivity contribution < 1.29 is 14.5 Å². The Balaban J connectivity index is 4.18. The van der Waals surface area contributed by atoms with Gasteiger partial charge < -0.3 is 0 Å². The molecule has 0 fully saturated rings. The first kappa shape index (κ1) is 10.2. The fraction of sp³-hybridized carbons (Fsp3) is 1.00. The van der Waals surface area contributed by atoms with E-state index in [1.165, 1.54) is 0 Å². The van der Waals surface area contributed by atoms with Gasteiger partial charge in [0.15, 0.2) is 0 Å². The van der Waals surface area contributed by atoms with Crippen molar-refractivity contribution in [2.24, 2.45) is 0 Å². The maximum Gasteiger partial charge on any atom is 0.237 e. The zero-order valence-electron chi connectivity index (χ0n) is 6.70. The van der Waals surface area contributed by atoms with E-state index in [-0.39, 0.29) is 5.66 Å². The highest BCUT2D eigenvalue weighted by molar-refractivity contribution is 7.59. The molecule has 2 unspecified atom stereocenters. The van der Waals surface area contributed by atoms with Crippen LogP contribution in [0.3, 0.4) is 0 Å². The molecule has 3 nitrogen and oxygen atoms in total. The highest BCUT2D eigenvalue weighted by Gasteiger charge is 2.27. The van der Waals surface area contributed by atoms with Crippen molar-refractivity contribution in [2.75, 3.05) is 6.16 Å². The van der Waals surface area contributed by atoms with Gasteiger partial charge in [0.25, 0.3) is 0 Å². The van der Waals surface area contributed by atoms with Crippen molar-refractivity contribution in [1.29, 1.82) is 0 Å². The maximum absolute atomic E-state index is 11.4. The zero-order valence-corrected chi connectivity index (χ0v) is 7.60. The average Bonchev–Trinajstić information content (AvgIpc) is 2.01. The van der Waals surface area contributed by atoms with Gasteiger partial charge in [-0.3, -0.25) is 4.57 Å². The molecule has 0 aromatic carbocycles. The lowest BCUT2D eigenvalue weighted by molar-refractivity contribution is -0.136. The Bertz CT molecular complexity index is 127. The molecule has 0 aromatic rings. The van der Waals surface area contributed by atoms with Crippen LogP contribution in [0.5, 0.6) is 0 Å². The van der Waals surface area contributed by atoms with E-state index in [4.69, 9.17) is 5.26 Å². The van der Waals surface area contributed by atoms with E-state index < -0.39 is 7.37 Å². The summed E-state index contributed by atoms with van der Waals surface area (Å²) in [5.41, 5.74) is -0.0394. The van der Waals surface area contributed by atoms with Crippen molar-refractivity contribution in [3.8, 4) is 0 Å². The minimum atomic E-state index is -2.72. The summed E-state index contributed by atoms with van der Waals surface area (Å²) < 4.78 is 15.4. The predicted molar refractivity (Wildman–Crippen MR) is 41.6 cm³/mol. The number of hydrogen-bond acceptors (Lipinski definition) is 3. The van der Waals surface area contributed by atoms with Gasteiger partial charge in [0.1, 0.15) is 0 Å². The largest absolute Gasteiger partial charge is 0.290 e. The van der Waals surface area contributed by atoms with E-state index in [2.05, 4.69) is 4.67 Å². The van der Waals surface area contributed by atoms with E-state index >= 15 is 0 Å². The summed E-state index contributed by atoms with van der Waals surface area (Å²) in [6.07, 6.45) is 1.17. The Morgan fingerprint density at radius 1 is 1.60 bits per heavy atom. The first-order chi connectivity index (χ1) is 4.60. The van der Waals surface area contributed by atoms with Gasteiger partial charge in [-0.1, -0.05) is 20.8 Å². The van der Waals surface area contributed by atoms with Crippen LogP contribution in [0, 0.1) is 0 Å². The molecule has 0 rings (SSSR count). The molecule has 0 aromatic heterocycles. The molecule has 0 aliphatic rings. The van der Waals surface area contributed by atoms with Crippen molar-refractivity contribution in [1.82, 2.24) is 0 Å². The lowest BCUT2D eigenvalue weighted by atomic mass is 10.4. The molecule has 0 radical (unpaired) electrons. The molecule has 0 bridgehead atoms. The van der Waals surface area contributed by atoms with Crippen LogP contribution in [-0.2, 0) is 9.24 Å². The first-order valence-electron chi connectivity index (χ1n) is 3.52. The van der Waals surface area contributed by atoms with Crippen molar-refractivity contribution in [3.63, 3.8) is 0 Å². The zero-order chi connectivity index (χ0) is 8.20. The lowest BCUT2D eigenvalue weighted by Crippen LogP contribution is -2.05. The van der Waals surface area contributed by atoms with Gasteiger partial charge in [0.05, 0.1) is 0 Å². The van der Waals surface area contributed by atoms with Crippen LogP contribution >= 0.6 is 7.37 Å². The van der Waals surface area contributed by atoms with Gasteiger partial charge in [-0.2, -0.15) is 4.67 Å². The third-order valence-electron chi connectivity index (χ3n) is 1.84. The van der Waals surface area contributed by atoms with E-state index in [0.29, 0.717) is 6.16 Å². The first-order valence-corrected chi connectivity index (χ1v) is 5.40. The molecule has 4 heteroatoms.